The third-order valence-corrected chi connectivity index (χ3v) is 5.61. The zero-order chi connectivity index (χ0) is 20.3. The van der Waals surface area contributed by atoms with Crippen molar-refractivity contribution in [2.75, 3.05) is 7.05 Å². The Hall–Kier alpha value is -3.27. The average Bonchev–Trinajstić information content (AvgIpc) is 3.13. The van der Waals surface area contributed by atoms with Gasteiger partial charge in [-0.3, -0.25) is 4.98 Å². The molecule has 0 saturated heterocycles. The van der Waals surface area contributed by atoms with E-state index < -0.39 is 21.7 Å². The third-order valence-electron chi connectivity index (χ3n) is 3.90. The highest BCUT2D eigenvalue weighted by molar-refractivity contribution is 7.91. The zero-order valence-corrected chi connectivity index (χ0v) is 15.9. The van der Waals surface area contributed by atoms with Gasteiger partial charge in [-0.1, -0.05) is 6.07 Å². The van der Waals surface area contributed by atoms with E-state index in [1.165, 1.54) is 55.8 Å². The Labute approximate surface area is 160 Å². The van der Waals surface area contributed by atoms with E-state index in [-0.39, 0.29) is 27.9 Å². The Morgan fingerprint density at radius 1 is 1.29 bits per heavy atom. The molecule has 1 amide bonds. The summed E-state index contributed by atoms with van der Waals surface area (Å²) < 4.78 is 46.1. The first-order valence-corrected chi connectivity index (χ1v) is 9.66. The molecule has 2 heterocycles. The quantitative estimate of drug-likeness (QED) is 0.700. The summed E-state index contributed by atoms with van der Waals surface area (Å²) in [6.07, 6.45) is 1.98. The SMILES string of the molecule is CNC(=O)OCc1cc(S(=O)(=O)c2cccnc2)n(-c2cc(F)ccc2C)n1. The molecule has 146 valence electrons. The van der Waals surface area contributed by atoms with Gasteiger partial charge >= 0.3 is 6.09 Å². The van der Waals surface area contributed by atoms with E-state index in [4.69, 9.17) is 4.74 Å². The van der Waals surface area contributed by atoms with Gasteiger partial charge in [0.25, 0.3) is 0 Å². The van der Waals surface area contributed by atoms with Crippen LogP contribution in [-0.4, -0.2) is 36.3 Å². The van der Waals surface area contributed by atoms with Crippen LogP contribution in [0.5, 0.6) is 0 Å². The largest absolute Gasteiger partial charge is 0.443 e. The highest BCUT2D eigenvalue weighted by Crippen LogP contribution is 2.26. The Bertz CT molecular complexity index is 1110. The van der Waals surface area contributed by atoms with E-state index in [9.17, 15) is 17.6 Å². The molecule has 0 saturated carbocycles. The fraction of sp³-hybridized carbons (Fsp3) is 0.167. The van der Waals surface area contributed by atoms with E-state index >= 15 is 0 Å². The molecule has 0 aliphatic carbocycles. The van der Waals surface area contributed by atoms with Gasteiger partial charge in [0.15, 0.2) is 5.03 Å². The van der Waals surface area contributed by atoms with Gasteiger partial charge in [-0.15, -0.1) is 0 Å². The number of amides is 1. The van der Waals surface area contributed by atoms with Crippen LogP contribution in [0.4, 0.5) is 9.18 Å². The number of aromatic nitrogens is 3. The number of aryl methyl sites for hydroxylation is 1. The Balaban J connectivity index is 2.15. The number of ether oxygens (including phenoxy) is 1. The Kier molecular flexibility index (Phi) is 5.41. The van der Waals surface area contributed by atoms with Gasteiger partial charge in [0, 0.05) is 25.5 Å². The van der Waals surface area contributed by atoms with E-state index in [0.717, 1.165) is 4.68 Å². The van der Waals surface area contributed by atoms with Gasteiger partial charge in [-0.25, -0.2) is 22.3 Å². The van der Waals surface area contributed by atoms with Crippen LogP contribution < -0.4 is 5.32 Å². The molecule has 2 aromatic heterocycles. The van der Waals surface area contributed by atoms with Crippen LogP contribution in [0, 0.1) is 12.7 Å². The van der Waals surface area contributed by atoms with E-state index in [1.807, 2.05) is 0 Å². The normalized spacial score (nSPS) is 11.2. The van der Waals surface area contributed by atoms with Crippen molar-refractivity contribution in [2.45, 2.75) is 23.5 Å². The molecule has 0 unspecified atom stereocenters. The molecule has 28 heavy (non-hydrogen) atoms. The molecule has 0 fully saturated rings. The lowest BCUT2D eigenvalue weighted by Crippen LogP contribution is -2.19. The minimum absolute atomic E-state index is 0.0380. The maximum Gasteiger partial charge on any atom is 0.407 e. The highest BCUT2D eigenvalue weighted by Gasteiger charge is 2.26. The molecule has 1 N–H and O–H groups in total. The number of hydrogen-bond donors (Lipinski definition) is 1. The highest BCUT2D eigenvalue weighted by atomic mass is 32.2. The lowest BCUT2D eigenvalue weighted by Gasteiger charge is -2.11. The number of carbonyl (C=O) groups excluding carboxylic acids is 1. The second kappa shape index (κ2) is 7.77. The first-order chi connectivity index (χ1) is 13.3. The number of alkyl carbamates (subject to hydrolysis) is 1. The first kappa shape index (κ1) is 19.5. The smallest absolute Gasteiger partial charge is 0.407 e. The molecule has 0 bridgehead atoms. The van der Waals surface area contributed by atoms with Gasteiger partial charge in [0.1, 0.15) is 18.1 Å². The average molecular weight is 404 g/mol. The van der Waals surface area contributed by atoms with Gasteiger partial charge < -0.3 is 10.1 Å². The molecule has 0 radical (unpaired) electrons. The van der Waals surface area contributed by atoms with Gasteiger partial charge in [-0.2, -0.15) is 5.10 Å². The maximum absolute atomic E-state index is 13.8. The molecule has 10 heteroatoms. The topological polar surface area (TPSA) is 103 Å². The monoisotopic (exact) mass is 404 g/mol. The minimum Gasteiger partial charge on any atom is -0.443 e. The first-order valence-electron chi connectivity index (χ1n) is 8.18. The predicted molar refractivity (Wildman–Crippen MR) is 97.2 cm³/mol. The Morgan fingerprint density at radius 3 is 2.75 bits per heavy atom. The predicted octanol–water partition coefficient (Wildman–Crippen LogP) is 2.40. The standard InChI is InChI=1S/C18H17FN4O4S/c1-12-5-6-13(19)8-16(12)23-17(9-14(22-23)11-27-18(24)20-2)28(25,26)15-4-3-7-21-10-15/h3-10H,11H2,1-2H3,(H,20,24). The lowest BCUT2D eigenvalue weighted by molar-refractivity contribution is 0.140. The number of sulfone groups is 1. The summed E-state index contributed by atoms with van der Waals surface area (Å²) in [5.74, 6) is -0.538. The number of halogens is 1. The number of pyridine rings is 1. The van der Waals surface area contributed by atoms with E-state index in [0.29, 0.717) is 5.56 Å². The summed E-state index contributed by atoms with van der Waals surface area (Å²) in [6, 6.07) is 8.17. The van der Waals surface area contributed by atoms with Crippen LogP contribution >= 0.6 is 0 Å². The van der Waals surface area contributed by atoms with Gasteiger partial charge in [0.05, 0.1) is 10.6 Å². The second-order valence-electron chi connectivity index (χ2n) is 5.83. The number of rotatable bonds is 5. The van der Waals surface area contributed by atoms with Crippen molar-refractivity contribution < 1.29 is 22.3 Å². The fourth-order valence-corrected chi connectivity index (χ4v) is 3.85. The van der Waals surface area contributed by atoms with Crippen LogP contribution in [0.2, 0.25) is 0 Å². The van der Waals surface area contributed by atoms with Crippen LogP contribution in [0.25, 0.3) is 5.69 Å². The summed E-state index contributed by atoms with van der Waals surface area (Å²) in [4.78, 5) is 15.1. The molecule has 0 atom stereocenters. The van der Waals surface area contributed by atoms with Crippen molar-refractivity contribution in [2.24, 2.45) is 0 Å². The summed E-state index contributed by atoms with van der Waals surface area (Å²) in [6.45, 7) is 1.45. The molecule has 8 nitrogen and oxygen atoms in total. The Morgan fingerprint density at radius 2 is 2.07 bits per heavy atom. The second-order valence-corrected chi connectivity index (χ2v) is 7.73. The molecular formula is C18H17FN4O4S. The number of carbonyl (C=O) groups is 1. The van der Waals surface area contributed by atoms with Crippen LogP contribution in [0.1, 0.15) is 11.3 Å². The zero-order valence-electron chi connectivity index (χ0n) is 15.1. The molecule has 0 aliphatic rings. The number of nitrogens with one attached hydrogen (secondary N) is 1. The van der Waals surface area contributed by atoms with Crippen molar-refractivity contribution in [3.8, 4) is 5.69 Å². The van der Waals surface area contributed by atoms with Crippen LogP contribution in [0.3, 0.4) is 0 Å². The third kappa shape index (κ3) is 3.86. The summed E-state index contributed by atoms with van der Waals surface area (Å²) in [5.41, 5.74) is 1.06. The van der Waals surface area contributed by atoms with E-state index in [2.05, 4.69) is 15.4 Å². The van der Waals surface area contributed by atoms with Crippen molar-refractivity contribution in [3.63, 3.8) is 0 Å². The fourth-order valence-electron chi connectivity index (χ4n) is 2.49. The van der Waals surface area contributed by atoms with Gasteiger partial charge in [-0.05, 0) is 36.8 Å². The summed E-state index contributed by atoms with van der Waals surface area (Å²) in [5, 5.41) is 6.32. The van der Waals surface area contributed by atoms with E-state index in [1.54, 1.807) is 6.92 Å². The van der Waals surface area contributed by atoms with Crippen molar-refractivity contribution in [3.05, 3.63) is 65.9 Å². The van der Waals surface area contributed by atoms with Crippen LogP contribution in [-0.2, 0) is 21.2 Å². The van der Waals surface area contributed by atoms with Crippen molar-refractivity contribution in [1.82, 2.24) is 20.1 Å². The molecule has 1 aromatic carbocycles. The molecular weight excluding hydrogens is 387 g/mol. The molecule has 3 aromatic rings. The van der Waals surface area contributed by atoms with Gasteiger partial charge in [0.2, 0.25) is 9.84 Å². The van der Waals surface area contributed by atoms with Crippen molar-refractivity contribution >= 4 is 15.9 Å². The lowest BCUT2D eigenvalue weighted by atomic mass is 10.2. The molecule has 0 spiro atoms. The molecule has 0 aliphatic heterocycles. The summed E-state index contributed by atoms with van der Waals surface area (Å²) >= 11 is 0. The number of nitrogens with zero attached hydrogens (tertiary/aromatic N) is 3. The maximum atomic E-state index is 13.8. The number of hydrogen-bond acceptors (Lipinski definition) is 6. The van der Waals surface area contributed by atoms with Crippen LogP contribution in [0.15, 0.2) is 58.7 Å². The number of benzene rings is 1. The summed E-state index contributed by atoms with van der Waals surface area (Å²) in [7, 11) is -2.61. The van der Waals surface area contributed by atoms with Crippen molar-refractivity contribution in [1.29, 1.82) is 0 Å². The molecule has 3 rings (SSSR count). The minimum atomic E-state index is -4.01.